The molecule has 0 amide bonds. The Bertz CT molecular complexity index is 970. The van der Waals surface area contributed by atoms with Gasteiger partial charge in [0.1, 0.15) is 11.9 Å². The molecule has 8 nitrogen and oxygen atoms in total. The third kappa shape index (κ3) is 8.40. The van der Waals surface area contributed by atoms with Crippen LogP contribution in [0, 0.1) is 17.3 Å². The van der Waals surface area contributed by atoms with E-state index in [1.54, 1.807) is 44.1 Å². The van der Waals surface area contributed by atoms with E-state index in [-0.39, 0.29) is 18.1 Å². The Kier molecular flexibility index (Phi) is 11.0. The van der Waals surface area contributed by atoms with Crippen LogP contribution in [0.25, 0.3) is 6.08 Å². The van der Waals surface area contributed by atoms with Crippen molar-refractivity contribution >= 4 is 29.6 Å². The van der Waals surface area contributed by atoms with Crippen LogP contribution in [0.2, 0.25) is 0 Å². The Morgan fingerprint density at radius 3 is 2.43 bits per heavy atom. The Hall–Kier alpha value is -1.68. The van der Waals surface area contributed by atoms with E-state index in [9.17, 15) is 24.9 Å². The van der Waals surface area contributed by atoms with E-state index in [1.165, 1.54) is 0 Å². The number of rotatable bonds is 3. The van der Waals surface area contributed by atoms with Gasteiger partial charge in [0.25, 0.3) is 0 Å². The van der Waals surface area contributed by atoms with Crippen molar-refractivity contribution < 1.29 is 29.6 Å². The van der Waals surface area contributed by atoms with Crippen molar-refractivity contribution in [3.8, 4) is 0 Å². The minimum atomic E-state index is -1.27. The molecule has 37 heavy (non-hydrogen) atoms. The first-order valence-electron chi connectivity index (χ1n) is 13.2. The summed E-state index contributed by atoms with van der Waals surface area (Å²) in [6, 6.07) is 1.95. The molecule has 0 radical (unpaired) electrons. The number of cyclic esters (lactones) is 1. The number of carbonyl (C=O) groups is 2. The largest absolute Gasteiger partial charge is 0.458 e. The number of aliphatic hydroxyl groups excluding tert-OH is 2. The highest BCUT2D eigenvalue weighted by Gasteiger charge is 2.42. The van der Waals surface area contributed by atoms with Gasteiger partial charge in [0.2, 0.25) is 0 Å². The molecule has 6 atom stereocenters. The highest BCUT2D eigenvalue weighted by molar-refractivity contribution is 7.98. The fourth-order valence-electron chi connectivity index (χ4n) is 5.00. The van der Waals surface area contributed by atoms with E-state index in [0.29, 0.717) is 32.1 Å². The fraction of sp³-hybridized carbons (Fsp3) is 0.750. The number of Topliss-reactive ketones (excluding diaryl/α,β-unsaturated/α-hetero) is 1. The Labute approximate surface area is 225 Å². The first kappa shape index (κ1) is 31.5. The molecule has 0 bridgehead atoms. The molecular weight excluding hydrogens is 492 g/mol. The summed E-state index contributed by atoms with van der Waals surface area (Å²) in [4.78, 5) is 26.2. The Morgan fingerprint density at radius 2 is 1.84 bits per heavy atom. The fourth-order valence-corrected chi connectivity index (χ4v) is 5.54. The molecule has 1 aromatic rings. The van der Waals surface area contributed by atoms with E-state index in [4.69, 9.17) is 4.74 Å². The third-order valence-electron chi connectivity index (χ3n) is 7.88. The minimum absolute atomic E-state index is 0.150. The molecule has 0 aromatic carbocycles. The molecule has 210 valence electrons. The number of hydrogen-bond acceptors (Lipinski definition) is 8. The quantitative estimate of drug-likeness (QED) is 0.388. The van der Waals surface area contributed by atoms with Gasteiger partial charge in [-0.3, -0.25) is 14.3 Å². The summed E-state index contributed by atoms with van der Waals surface area (Å²) in [6.07, 6.45) is 3.42. The van der Waals surface area contributed by atoms with Gasteiger partial charge in [0.05, 0.1) is 40.4 Å². The molecule has 1 aliphatic heterocycles. The highest BCUT2D eigenvalue weighted by Crippen LogP contribution is 2.33. The topological polar surface area (TPSA) is 122 Å². The molecule has 2 heterocycles. The van der Waals surface area contributed by atoms with Crippen molar-refractivity contribution in [2.24, 2.45) is 24.3 Å². The van der Waals surface area contributed by atoms with E-state index in [0.717, 1.165) is 16.3 Å². The van der Waals surface area contributed by atoms with Gasteiger partial charge in [-0.25, -0.2) is 0 Å². The van der Waals surface area contributed by atoms with Crippen molar-refractivity contribution in [2.75, 3.05) is 6.26 Å². The zero-order valence-electron chi connectivity index (χ0n) is 23.7. The van der Waals surface area contributed by atoms with Crippen molar-refractivity contribution in [3.63, 3.8) is 0 Å². The smallest absolute Gasteiger partial charge is 0.309 e. The van der Waals surface area contributed by atoms with Crippen LogP contribution < -0.4 is 0 Å². The second-order valence-electron chi connectivity index (χ2n) is 11.6. The van der Waals surface area contributed by atoms with E-state index >= 15 is 0 Å². The lowest BCUT2D eigenvalue weighted by Crippen LogP contribution is -2.45. The number of carbonyl (C=O) groups excluding carboxylic acids is 2. The van der Waals surface area contributed by atoms with Crippen molar-refractivity contribution in [2.45, 2.75) is 109 Å². The van der Waals surface area contributed by atoms with E-state index < -0.39 is 41.2 Å². The monoisotopic (exact) mass is 538 g/mol. The number of esters is 1. The number of aryl methyl sites for hydroxylation is 1. The second-order valence-corrected chi connectivity index (χ2v) is 12.4. The zero-order chi connectivity index (χ0) is 28.1. The summed E-state index contributed by atoms with van der Waals surface area (Å²) >= 11 is 1.58. The van der Waals surface area contributed by atoms with Gasteiger partial charge < -0.3 is 20.1 Å². The first-order valence-corrected chi connectivity index (χ1v) is 14.4. The van der Waals surface area contributed by atoms with Crippen LogP contribution in [0.3, 0.4) is 0 Å². The molecule has 1 aromatic heterocycles. The van der Waals surface area contributed by atoms with Gasteiger partial charge in [-0.2, -0.15) is 5.10 Å². The normalized spacial score (nSPS) is 33.3. The lowest BCUT2D eigenvalue weighted by molar-refractivity contribution is -0.155. The number of ketones is 1. The first-order chi connectivity index (χ1) is 17.1. The zero-order valence-corrected chi connectivity index (χ0v) is 24.5. The molecule has 3 N–H and O–H groups in total. The SMILES string of the molecule is CSc1cc(/C=C(\C)[C@@H]2CC[C@](C)(O)CCC[C@H](C)[C@H](O)[C@@H](C)C(=O)C(C)(C)[C@@H](O)CC(=O)O2)nn1C. The maximum absolute atomic E-state index is 13.2. The van der Waals surface area contributed by atoms with Gasteiger partial charge in [-0.1, -0.05) is 34.1 Å². The molecule has 1 saturated heterocycles. The van der Waals surface area contributed by atoms with Crippen LogP contribution in [0.4, 0.5) is 0 Å². The molecular formula is C28H46N2O6S. The molecule has 0 spiro atoms. The van der Waals surface area contributed by atoms with E-state index in [2.05, 4.69) is 5.10 Å². The molecule has 1 fully saturated rings. The predicted molar refractivity (Wildman–Crippen MR) is 146 cm³/mol. The number of nitrogens with zero attached hydrogens (tertiary/aromatic N) is 2. The number of aromatic nitrogens is 2. The summed E-state index contributed by atoms with van der Waals surface area (Å²) < 4.78 is 7.61. The molecule has 2 rings (SSSR count). The van der Waals surface area contributed by atoms with Crippen LogP contribution >= 0.6 is 11.8 Å². The standard InChI is InChI=1S/C28H46N2O6S/c1-17-10-9-12-28(6,35)13-11-21(18(2)14-20-15-23(37-8)30(7)29-20)36-24(32)16-22(31)27(4,5)26(34)19(3)25(17)33/h14-15,17,19,21-22,25,31,33,35H,9-13,16H2,1-8H3/b18-14+/t17-,19+,21-,22-,25-,28+/m0/s1. The summed E-state index contributed by atoms with van der Waals surface area (Å²) in [7, 11) is 1.87. The maximum Gasteiger partial charge on any atom is 0.309 e. The molecule has 0 unspecified atom stereocenters. The average molecular weight is 539 g/mol. The van der Waals surface area contributed by atoms with Gasteiger partial charge in [0, 0.05) is 13.0 Å². The highest BCUT2D eigenvalue weighted by atomic mass is 32.2. The van der Waals surface area contributed by atoms with Crippen LogP contribution in [-0.2, 0) is 21.4 Å². The average Bonchev–Trinajstić information content (AvgIpc) is 3.17. The molecule has 1 aliphatic rings. The Morgan fingerprint density at radius 1 is 1.19 bits per heavy atom. The van der Waals surface area contributed by atoms with Crippen LogP contribution in [0.15, 0.2) is 16.7 Å². The second kappa shape index (κ2) is 12.9. The summed E-state index contributed by atoms with van der Waals surface area (Å²) in [5.41, 5.74) is -0.687. The number of hydrogen-bond donors (Lipinski definition) is 3. The summed E-state index contributed by atoms with van der Waals surface area (Å²) in [6.45, 7) is 10.4. The molecule has 9 heteroatoms. The van der Waals surface area contributed by atoms with Crippen molar-refractivity contribution in [1.29, 1.82) is 0 Å². The van der Waals surface area contributed by atoms with Crippen molar-refractivity contribution in [3.05, 3.63) is 17.3 Å². The van der Waals surface area contributed by atoms with Crippen molar-refractivity contribution in [1.82, 2.24) is 9.78 Å². The number of thioether (sulfide) groups is 1. The minimum Gasteiger partial charge on any atom is -0.458 e. The third-order valence-corrected chi connectivity index (χ3v) is 8.68. The van der Waals surface area contributed by atoms with Gasteiger partial charge >= 0.3 is 5.97 Å². The van der Waals surface area contributed by atoms with Crippen LogP contribution in [0.5, 0.6) is 0 Å². The Balaban J connectivity index is 2.35. The van der Waals surface area contributed by atoms with Crippen LogP contribution in [-0.4, -0.2) is 67.0 Å². The lowest BCUT2D eigenvalue weighted by atomic mass is 9.73. The molecule has 0 aliphatic carbocycles. The predicted octanol–water partition coefficient (Wildman–Crippen LogP) is 4.15. The van der Waals surface area contributed by atoms with Gasteiger partial charge in [0.15, 0.2) is 0 Å². The summed E-state index contributed by atoms with van der Waals surface area (Å²) in [5.74, 6) is -1.77. The number of ether oxygens (including phenoxy) is 1. The van der Waals surface area contributed by atoms with Gasteiger partial charge in [-0.15, -0.1) is 11.8 Å². The van der Waals surface area contributed by atoms with E-state index in [1.807, 2.05) is 39.3 Å². The van der Waals surface area contributed by atoms with Gasteiger partial charge in [-0.05, 0) is 69.4 Å². The summed E-state index contributed by atoms with van der Waals surface area (Å²) in [5, 5.41) is 38.2. The number of aliphatic hydroxyl groups is 3. The lowest BCUT2D eigenvalue weighted by Gasteiger charge is -2.35. The maximum atomic E-state index is 13.2. The van der Waals surface area contributed by atoms with Crippen LogP contribution in [0.1, 0.15) is 85.8 Å². The molecule has 0 saturated carbocycles.